The van der Waals surface area contributed by atoms with Crippen molar-refractivity contribution in [2.24, 2.45) is 0 Å². The Morgan fingerprint density at radius 3 is 2.73 bits per heavy atom. The number of nitrogens with zero attached hydrogens (tertiary/aromatic N) is 4. The van der Waals surface area contributed by atoms with Gasteiger partial charge in [0.2, 0.25) is 12.0 Å². The first-order valence-corrected chi connectivity index (χ1v) is 14.1. The molecule has 1 fully saturated rings. The second kappa shape index (κ2) is 11.7. The highest BCUT2D eigenvalue weighted by Crippen LogP contribution is 2.32. The van der Waals surface area contributed by atoms with Gasteiger partial charge in [-0.15, -0.1) is 0 Å². The number of aromatic nitrogens is 3. The maximum atomic E-state index is 13.5. The molecule has 0 radical (unpaired) electrons. The summed E-state index contributed by atoms with van der Waals surface area (Å²) in [7, 11) is 3.53. The summed E-state index contributed by atoms with van der Waals surface area (Å²) in [6.45, 7) is 7.07. The molecule has 0 saturated carbocycles. The Morgan fingerprint density at radius 1 is 1.24 bits per heavy atom. The number of carbonyl (C=O) groups is 2. The summed E-state index contributed by atoms with van der Waals surface area (Å²) in [5, 5.41) is 10.4. The first-order valence-electron chi connectivity index (χ1n) is 14.1. The second-order valence-electron chi connectivity index (χ2n) is 11.5. The summed E-state index contributed by atoms with van der Waals surface area (Å²) in [5.41, 5.74) is 3.96. The summed E-state index contributed by atoms with van der Waals surface area (Å²) in [6.07, 6.45) is 4.94. The van der Waals surface area contributed by atoms with Crippen LogP contribution in [0.15, 0.2) is 41.3 Å². The van der Waals surface area contributed by atoms with Crippen LogP contribution in [0.2, 0.25) is 0 Å². The monoisotopic (exact) mass is 561 g/mol. The van der Waals surface area contributed by atoms with Gasteiger partial charge < -0.3 is 29.7 Å². The third-order valence-corrected chi connectivity index (χ3v) is 8.34. The van der Waals surface area contributed by atoms with E-state index < -0.39 is 0 Å². The number of nitrogens with one attached hydrogen (secondary N) is 3. The number of ether oxygens (including phenoxy) is 1. The van der Waals surface area contributed by atoms with Crippen molar-refractivity contribution in [2.75, 3.05) is 50.6 Å². The third kappa shape index (κ3) is 5.94. The van der Waals surface area contributed by atoms with Gasteiger partial charge in [-0.25, -0.2) is 0 Å². The van der Waals surface area contributed by atoms with Crippen molar-refractivity contribution in [3.05, 3.63) is 69.3 Å². The maximum absolute atomic E-state index is 13.5. The smallest absolute Gasteiger partial charge is 0.254 e. The van der Waals surface area contributed by atoms with Crippen molar-refractivity contribution in [1.29, 1.82) is 0 Å². The fourth-order valence-electron chi connectivity index (χ4n) is 6.14. The Morgan fingerprint density at radius 2 is 2.02 bits per heavy atom. The number of piperidine rings is 1. The number of carbonyl (C=O) groups excluding carboxylic acids is 2. The van der Waals surface area contributed by atoms with Crippen molar-refractivity contribution in [3.63, 3.8) is 0 Å². The second-order valence-corrected chi connectivity index (χ2v) is 11.5. The van der Waals surface area contributed by atoms with Crippen molar-refractivity contribution < 1.29 is 14.3 Å². The number of methoxy groups -OCH3 is 1. The van der Waals surface area contributed by atoms with E-state index >= 15 is 0 Å². The van der Waals surface area contributed by atoms with Crippen LogP contribution in [-0.2, 0) is 23.2 Å². The Bertz CT molecular complexity index is 1460. The molecule has 3 aromatic rings. The van der Waals surface area contributed by atoms with Gasteiger partial charge in [-0.05, 0) is 49.1 Å². The molecule has 2 amide bonds. The van der Waals surface area contributed by atoms with Crippen molar-refractivity contribution in [2.45, 2.75) is 51.1 Å². The molecule has 11 nitrogen and oxygen atoms in total. The molecular weight excluding hydrogens is 522 g/mol. The number of benzene rings is 1. The predicted molar refractivity (Wildman–Crippen MR) is 158 cm³/mol. The van der Waals surface area contributed by atoms with E-state index in [2.05, 4.69) is 39.2 Å². The number of pyridine rings is 1. The summed E-state index contributed by atoms with van der Waals surface area (Å²) in [4.78, 5) is 46.9. The molecule has 4 heterocycles. The molecule has 0 atom stereocenters. The molecule has 0 aliphatic carbocycles. The molecule has 3 N–H and O–H groups in total. The zero-order valence-corrected chi connectivity index (χ0v) is 24.2. The fourth-order valence-corrected chi connectivity index (χ4v) is 6.14. The zero-order chi connectivity index (χ0) is 29.1. The Hall–Kier alpha value is -4.28. The molecule has 218 valence electrons. The van der Waals surface area contributed by atoms with E-state index in [-0.39, 0.29) is 22.9 Å². The number of hydrogen-bond acceptors (Lipinski definition) is 7. The number of hydrogen-bond donors (Lipinski definition) is 3. The Kier molecular flexibility index (Phi) is 8.05. The van der Waals surface area contributed by atoms with Crippen LogP contribution < -0.4 is 20.5 Å². The van der Waals surface area contributed by atoms with Gasteiger partial charge in [0, 0.05) is 79.8 Å². The van der Waals surface area contributed by atoms with E-state index in [1.54, 1.807) is 24.3 Å². The standard InChI is InChI=1S/C30H39N7O4/c1-30(2)18-37(17-22-16-32-34-28(22)30)29(40)21-14-26(33-27(39)15-21)35-11-8-23(9-12-35)36(19-38)10-7-20-13-24(41-4)5-6-25(20)31-3/h5-6,13-16,19,23,31H,7-12,17-18H2,1-4H3,(H,32,34)(H,33,39). The van der Waals surface area contributed by atoms with Gasteiger partial charge in [0.05, 0.1) is 13.3 Å². The van der Waals surface area contributed by atoms with E-state index in [1.807, 2.05) is 30.1 Å². The normalized spacial score (nSPS) is 16.7. The van der Waals surface area contributed by atoms with E-state index in [1.165, 1.54) is 6.07 Å². The van der Waals surface area contributed by atoms with Gasteiger partial charge in [-0.1, -0.05) is 13.8 Å². The summed E-state index contributed by atoms with van der Waals surface area (Å²) in [6, 6.07) is 9.16. The summed E-state index contributed by atoms with van der Waals surface area (Å²) in [5.74, 6) is 1.25. The molecule has 1 saturated heterocycles. The SMILES string of the molecule is CNc1ccc(OC)cc1CCN(C=O)C1CCN(c2cc(C(=O)N3Cc4cn[nH]c4C(C)(C)C3)cc(=O)[nH]2)CC1. The Balaban J connectivity index is 1.23. The van der Waals surface area contributed by atoms with Gasteiger partial charge in [0.25, 0.3) is 5.91 Å². The highest BCUT2D eigenvalue weighted by Gasteiger charge is 2.36. The number of fused-ring (bicyclic) bond motifs is 1. The zero-order valence-electron chi connectivity index (χ0n) is 24.2. The fraction of sp³-hybridized carbons (Fsp3) is 0.467. The van der Waals surface area contributed by atoms with Crippen molar-refractivity contribution in [1.82, 2.24) is 25.0 Å². The van der Waals surface area contributed by atoms with E-state index in [4.69, 9.17) is 4.74 Å². The molecule has 0 unspecified atom stereocenters. The van der Waals surface area contributed by atoms with Crippen LogP contribution in [0.5, 0.6) is 5.75 Å². The number of amides is 2. The van der Waals surface area contributed by atoms with Crippen LogP contribution in [0.4, 0.5) is 11.5 Å². The number of rotatable bonds is 9. The third-order valence-electron chi connectivity index (χ3n) is 8.34. The molecule has 2 aliphatic rings. The molecule has 0 bridgehead atoms. The quantitative estimate of drug-likeness (QED) is 0.343. The molecule has 11 heteroatoms. The summed E-state index contributed by atoms with van der Waals surface area (Å²) >= 11 is 0. The molecule has 5 rings (SSSR count). The lowest BCUT2D eigenvalue weighted by Crippen LogP contribution is -2.46. The van der Waals surface area contributed by atoms with Gasteiger partial charge >= 0.3 is 0 Å². The molecule has 0 spiro atoms. The van der Waals surface area contributed by atoms with Crippen LogP contribution in [0.3, 0.4) is 0 Å². The van der Waals surface area contributed by atoms with Gasteiger partial charge in [-0.2, -0.15) is 5.10 Å². The van der Waals surface area contributed by atoms with Crippen LogP contribution in [0, 0.1) is 0 Å². The molecular formula is C30H39N7O4. The van der Waals surface area contributed by atoms with Crippen molar-refractivity contribution >= 4 is 23.8 Å². The van der Waals surface area contributed by atoms with E-state index in [0.717, 1.165) is 47.5 Å². The van der Waals surface area contributed by atoms with Gasteiger partial charge in [-0.3, -0.25) is 19.5 Å². The first-order chi connectivity index (χ1) is 19.7. The summed E-state index contributed by atoms with van der Waals surface area (Å²) < 4.78 is 5.37. The Labute approximate surface area is 239 Å². The van der Waals surface area contributed by atoms with Gasteiger partial charge in [0.15, 0.2) is 0 Å². The highest BCUT2D eigenvalue weighted by molar-refractivity contribution is 5.95. The highest BCUT2D eigenvalue weighted by atomic mass is 16.5. The van der Waals surface area contributed by atoms with Gasteiger partial charge in [0.1, 0.15) is 11.6 Å². The average molecular weight is 562 g/mol. The average Bonchev–Trinajstić information content (AvgIpc) is 3.47. The number of aromatic amines is 2. The van der Waals surface area contributed by atoms with Crippen LogP contribution in [0.1, 0.15) is 53.9 Å². The molecule has 2 aromatic heterocycles. The lowest BCUT2D eigenvalue weighted by molar-refractivity contribution is -0.120. The number of H-pyrrole nitrogens is 2. The number of anilines is 2. The minimum atomic E-state index is -0.304. The molecule has 41 heavy (non-hydrogen) atoms. The molecule has 2 aliphatic heterocycles. The van der Waals surface area contributed by atoms with Crippen LogP contribution in [0.25, 0.3) is 0 Å². The maximum Gasteiger partial charge on any atom is 0.254 e. The predicted octanol–water partition coefficient (Wildman–Crippen LogP) is 2.75. The minimum Gasteiger partial charge on any atom is -0.497 e. The first kappa shape index (κ1) is 28.3. The topological polar surface area (TPSA) is 127 Å². The lowest BCUT2D eigenvalue weighted by Gasteiger charge is -2.38. The lowest BCUT2D eigenvalue weighted by atomic mass is 9.83. The van der Waals surface area contributed by atoms with Crippen LogP contribution >= 0.6 is 0 Å². The largest absolute Gasteiger partial charge is 0.497 e. The van der Waals surface area contributed by atoms with E-state index in [9.17, 15) is 14.4 Å². The van der Waals surface area contributed by atoms with Crippen LogP contribution in [-0.4, -0.2) is 83.7 Å². The minimum absolute atomic E-state index is 0.101. The molecule has 1 aromatic carbocycles. The van der Waals surface area contributed by atoms with E-state index in [0.29, 0.717) is 50.5 Å². The van der Waals surface area contributed by atoms with Crippen molar-refractivity contribution in [3.8, 4) is 5.75 Å².